The molecule has 9 heteroatoms. The molecule has 112 valence electrons. The quantitative estimate of drug-likeness (QED) is 0.750. The van der Waals surface area contributed by atoms with Crippen LogP contribution in [-0.4, -0.2) is 60.9 Å². The first-order valence-electron chi connectivity index (χ1n) is 6.43. The number of carbonyl (C=O) groups excluding carboxylic acids is 1. The molecule has 1 aliphatic heterocycles. The maximum atomic E-state index is 12.5. The summed E-state index contributed by atoms with van der Waals surface area (Å²) in [6.07, 6.45) is 3.30. The monoisotopic (exact) mass is 302 g/mol. The minimum absolute atomic E-state index is 0.0207. The van der Waals surface area contributed by atoms with Gasteiger partial charge in [-0.25, -0.2) is 13.4 Å². The number of hydrogen-bond donors (Lipinski definition) is 2. The average Bonchev–Trinajstić information content (AvgIpc) is 2.99. The number of aromatic nitrogens is 2. The number of sulfonamides is 1. The molecule has 2 heterocycles. The minimum Gasteiger partial charge on any atom is -0.378 e. The van der Waals surface area contributed by atoms with Gasteiger partial charge >= 0.3 is 0 Å². The summed E-state index contributed by atoms with van der Waals surface area (Å²) in [5.41, 5.74) is 0. The second kappa shape index (κ2) is 6.33. The number of hydrogen-bond acceptors (Lipinski definition) is 5. The van der Waals surface area contributed by atoms with Gasteiger partial charge in [0.25, 0.3) is 10.0 Å². The van der Waals surface area contributed by atoms with Crippen molar-refractivity contribution in [2.75, 3.05) is 26.3 Å². The van der Waals surface area contributed by atoms with Gasteiger partial charge < -0.3 is 15.0 Å². The molecule has 1 fully saturated rings. The van der Waals surface area contributed by atoms with Gasteiger partial charge in [0, 0.05) is 13.1 Å². The van der Waals surface area contributed by atoms with Gasteiger partial charge in [0.05, 0.1) is 25.7 Å². The third-order valence-corrected chi connectivity index (χ3v) is 4.82. The van der Waals surface area contributed by atoms with Crippen LogP contribution in [0.5, 0.6) is 0 Å². The first-order chi connectivity index (χ1) is 9.57. The molecule has 0 bridgehead atoms. The van der Waals surface area contributed by atoms with Crippen LogP contribution >= 0.6 is 0 Å². The highest BCUT2D eigenvalue weighted by Crippen LogP contribution is 2.18. The third kappa shape index (κ3) is 3.00. The van der Waals surface area contributed by atoms with Gasteiger partial charge in [-0.2, -0.15) is 4.31 Å². The van der Waals surface area contributed by atoms with Crippen LogP contribution in [0.15, 0.2) is 17.6 Å². The summed E-state index contributed by atoms with van der Waals surface area (Å²) in [6, 6.07) is -0.844. The number of nitrogens with one attached hydrogen (secondary N) is 2. The first kappa shape index (κ1) is 14.9. The van der Waals surface area contributed by atoms with Crippen molar-refractivity contribution in [3.63, 3.8) is 0 Å². The number of amides is 1. The molecule has 1 atom stereocenters. The van der Waals surface area contributed by atoms with Gasteiger partial charge in [-0.05, 0) is 6.42 Å². The molecule has 1 saturated heterocycles. The van der Waals surface area contributed by atoms with E-state index in [0.717, 1.165) is 10.7 Å². The molecule has 0 aromatic carbocycles. The number of morpholine rings is 1. The Morgan fingerprint density at radius 2 is 2.45 bits per heavy atom. The van der Waals surface area contributed by atoms with Crippen LogP contribution in [0.25, 0.3) is 0 Å². The molecule has 1 aromatic heterocycles. The topological polar surface area (TPSA) is 104 Å². The molecule has 2 N–H and O–H groups in total. The summed E-state index contributed by atoms with van der Waals surface area (Å²) in [5.74, 6) is -0.338. The van der Waals surface area contributed by atoms with E-state index in [1.54, 1.807) is 0 Å². The molecular formula is C11H18N4O4S. The molecule has 1 amide bonds. The van der Waals surface area contributed by atoms with E-state index in [9.17, 15) is 13.2 Å². The number of aromatic amines is 1. The predicted octanol–water partition coefficient (Wildman–Crippen LogP) is -0.675. The summed E-state index contributed by atoms with van der Waals surface area (Å²) in [4.78, 5) is 18.3. The van der Waals surface area contributed by atoms with E-state index in [4.69, 9.17) is 4.74 Å². The minimum atomic E-state index is -3.76. The molecule has 20 heavy (non-hydrogen) atoms. The van der Waals surface area contributed by atoms with E-state index < -0.39 is 16.1 Å². The molecule has 8 nitrogen and oxygen atoms in total. The van der Waals surface area contributed by atoms with Gasteiger partial charge in [0.1, 0.15) is 6.04 Å². The molecular weight excluding hydrogens is 284 g/mol. The van der Waals surface area contributed by atoms with Crippen molar-refractivity contribution >= 4 is 15.9 Å². The fourth-order valence-electron chi connectivity index (χ4n) is 1.96. The Morgan fingerprint density at radius 3 is 3.10 bits per heavy atom. The second-order valence-corrected chi connectivity index (χ2v) is 6.27. The molecule has 1 unspecified atom stereocenters. The van der Waals surface area contributed by atoms with E-state index in [1.165, 1.54) is 12.5 Å². The highest BCUT2D eigenvalue weighted by Gasteiger charge is 2.38. The van der Waals surface area contributed by atoms with Crippen LogP contribution in [-0.2, 0) is 19.6 Å². The highest BCUT2D eigenvalue weighted by molar-refractivity contribution is 7.89. The molecule has 0 aliphatic carbocycles. The average molecular weight is 302 g/mol. The maximum Gasteiger partial charge on any atom is 0.261 e. The summed E-state index contributed by atoms with van der Waals surface area (Å²) in [5, 5.41) is 2.68. The van der Waals surface area contributed by atoms with Crippen molar-refractivity contribution in [1.29, 1.82) is 0 Å². The highest BCUT2D eigenvalue weighted by atomic mass is 32.2. The lowest BCUT2D eigenvalue weighted by atomic mass is 10.2. The predicted molar refractivity (Wildman–Crippen MR) is 70.4 cm³/mol. The van der Waals surface area contributed by atoms with Crippen LogP contribution < -0.4 is 5.32 Å². The Hall–Kier alpha value is -1.45. The fraction of sp³-hybridized carbons (Fsp3) is 0.636. The zero-order valence-corrected chi connectivity index (χ0v) is 12.0. The van der Waals surface area contributed by atoms with Gasteiger partial charge in [-0.3, -0.25) is 4.79 Å². The van der Waals surface area contributed by atoms with Crippen molar-refractivity contribution in [3.8, 4) is 0 Å². The van der Waals surface area contributed by atoms with Crippen molar-refractivity contribution in [1.82, 2.24) is 19.6 Å². The van der Waals surface area contributed by atoms with Crippen LogP contribution in [0.4, 0.5) is 0 Å². The van der Waals surface area contributed by atoms with Crippen LogP contribution in [0.3, 0.4) is 0 Å². The van der Waals surface area contributed by atoms with Crippen LogP contribution in [0.2, 0.25) is 0 Å². The van der Waals surface area contributed by atoms with E-state index in [1.807, 2.05) is 6.92 Å². The second-order valence-electron chi connectivity index (χ2n) is 4.41. The van der Waals surface area contributed by atoms with Gasteiger partial charge in [0.15, 0.2) is 5.03 Å². The number of H-pyrrole nitrogens is 1. The van der Waals surface area contributed by atoms with E-state index >= 15 is 0 Å². The molecule has 1 aliphatic rings. The van der Waals surface area contributed by atoms with Crippen molar-refractivity contribution in [3.05, 3.63) is 12.5 Å². The van der Waals surface area contributed by atoms with E-state index in [0.29, 0.717) is 6.54 Å². The number of imidazole rings is 1. The zero-order valence-electron chi connectivity index (χ0n) is 11.2. The largest absolute Gasteiger partial charge is 0.378 e. The normalized spacial score (nSPS) is 20.8. The van der Waals surface area contributed by atoms with E-state index in [2.05, 4.69) is 15.3 Å². The van der Waals surface area contributed by atoms with Crippen molar-refractivity contribution in [2.45, 2.75) is 24.4 Å². The maximum absolute atomic E-state index is 12.5. The molecule has 0 saturated carbocycles. The summed E-state index contributed by atoms with van der Waals surface area (Å²) < 4.78 is 31.3. The molecule has 1 aromatic rings. The number of carbonyl (C=O) groups is 1. The van der Waals surface area contributed by atoms with E-state index in [-0.39, 0.29) is 30.7 Å². The lowest BCUT2D eigenvalue weighted by Gasteiger charge is -2.32. The Bertz CT molecular complexity index is 543. The van der Waals surface area contributed by atoms with Gasteiger partial charge in [0.2, 0.25) is 5.91 Å². The Kier molecular flexibility index (Phi) is 4.73. The van der Waals surface area contributed by atoms with Crippen LogP contribution in [0, 0.1) is 0 Å². The van der Waals surface area contributed by atoms with Crippen molar-refractivity contribution < 1.29 is 17.9 Å². The Balaban J connectivity index is 2.21. The summed E-state index contributed by atoms with van der Waals surface area (Å²) in [7, 11) is -3.76. The number of nitrogens with zero attached hydrogens (tertiary/aromatic N) is 2. The van der Waals surface area contributed by atoms with Crippen molar-refractivity contribution in [2.24, 2.45) is 0 Å². The van der Waals surface area contributed by atoms with Crippen LogP contribution in [0.1, 0.15) is 13.3 Å². The molecule has 0 radical (unpaired) electrons. The standard InChI is InChI=1S/C11H18N4O4S/c1-2-3-13-11(16)9-7-19-5-4-15(9)20(17,18)10-6-12-8-14-10/h6,8-9H,2-5,7H2,1H3,(H,12,14)(H,13,16). The lowest BCUT2D eigenvalue weighted by Crippen LogP contribution is -2.55. The number of rotatable bonds is 5. The third-order valence-electron chi connectivity index (χ3n) is 2.99. The first-order valence-corrected chi connectivity index (χ1v) is 7.87. The zero-order chi connectivity index (χ0) is 14.6. The summed E-state index contributed by atoms with van der Waals surface area (Å²) >= 11 is 0. The smallest absolute Gasteiger partial charge is 0.261 e. The number of ether oxygens (including phenoxy) is 1. The lowest BCUT2D eigenvalue weighted by molar-refractivity contribution is -0.129. The van der Waals surface area contributed by atoms with Gasteiger partial charge in [-0.15, -0.1) is 0 Å². The molecule has 0 spiro atoms. The SMILES string of the molecule is CCCNC(=O)C1COCCN1S(=O)(=O)c1cnc[nH]1. The van der Waals surface area contributed by atoms with Gasteiger partial charge in [-0.1, -0.05) is 6.92 Å². The summed E-state index contributed by atoms with van der Waals surface area (Å²) in [6.45, 7) is 2.91. The Morgan fingerprint density at radius 1 is 1.65 bits per heavy atom. The molecule has 2 rings (SSSR count). The Labute approximate surface area is 117 Å². The fourth-order valence-corrected chi connectivity index (χ4v) is 3.41.